The molecule has 0 atom stereocenters. The van der Waals surface area contributed by atoms with Gasteiger partial charge < -0.3 is 9.64 Å². The average molecular weight is 414 g/mol. The Bertz CT molecular complexity index is 1030. The summed E-state index contributed by atoms with van der Waals surface area (Å²) >= 11 is 6.09. The van der Waals surface area contributed by atoms with Crippen molar-refractivity contribution in [3.8, 4) is 11.4 Å². The van der Waals surface area contributed by atoms with Gasteiger partial charge in [-0.25, -0.2) is 9.07 Å². The molecule has 0 N–H and O–H groups in total. The molecule has 1 aromatic heterocycles. The maximum absolute atomic E-state index is 13.3. The van der Waals surface area contributed by atoms with Crippen molar-refractivity contribution in [3.63, 3.8) is 0 Å². The number of rotatable bonds is 6. The van der Waals surface area contributed by atoms with Crippen LogP contribution >= 0.6 is 11.6 Å². The number of para-hydroxylation sites is 1. The Morgan fingerprint density at radius 1 is 1.21 bits per heavy atom. The zero-order valence-electron chi connectivity index (χ0n) is 16.1. The van der Waals surface area contributed by atoms with Gasteiger partial charge in [-0.3, -0.25) is 4.79 Å². The van der Waals surface area contributed by atoms with Gasteiger partial charge >= 0.3 is 0 Å². The lowest BCUT2D eigenvalue weighted by Gasteiger charge is -2.17. The molecule has 1 amide bonds. The molecule has 4 rings (SSSR count). The van der Waals surface area contributed by atoms with Gasteiger partial charge in [0, 0.05) is 18.3 Å². The van der Waals surface area contributed by atoms with Crippen LogP contribution in [-0.2, 0) is 12.8 Å². The Morgan fingerprint density at radius 2 is 1.97 bits per heavy atom. The molecule has 2 aromatic carbocycles. The fourth-order valence-electron chi connectivity index (χ4n) is 3.54. The molecular formula is C22H21ClFN3O2. The number of aromatic nitrogens is 2. The largest absolute Gasteiger partial charge is 0.490 e. The van der Waals surface area contributed by atoms with Crippen LogP contribution in [0.15, 0.2) is 48.5 Å². The number of benzene rings is 2. The third-order valence-corrected chi connectivity index (χ3v) is 5.38. The normalized spacial score (nSPS) is 12.7. The second-order valence-corrected chi connectivity index (χ2v) is 7.43. The summed E-state index contributed by atoms with van der Waals surface area (Å²) in [6.07, 6.45) is 2.65. The lowest BCUT2D eigenvalue weighted by molar-refractivity contribution is 0.0766. The van der Waals surface area contributed by atoms with Crippen molar-refractivity contribution in [2.45, 2.75) is 19.3 Å². The molecule has 29 heavy (non-hydrogen) atoms. The molecule has 1 aliphatic carbocycles. The van der Waals surface area contributed by atoms with Crippen LogP contribution in [0, 0.1) is 5.82 Å². The van der Waals surface area contributed by atoms with Crippen LogP contribution in [0.2, 0.25) is 5.02 Å². The molecule has 0 bridgehead atoms. The first-order chi connectivity index (χ1) is 14.0. The summed E-state index contributed by atoms with van der Waals surface area (Å²) in [5.74, 6) is 0.148. The Kier molecular flexibility index (Phi) is 5.53. The van der Waals surface area contributed by atoms with Gasteiger partial charge in [-0.05, 0) is 55.7 Å². The first kappa shape index (κ1) is 19.5. The molecule has 0 saturated carbocycles. The number of amides is 1. The average Bonchev–Trinajstić information content (AvgIpc) is 3.32. The molecule has 0 unspecified atom stereocenters. The number of hydrogen-bond acceptors (Lipinski definition) is 3. The summed E-state index contributed by atoms with van der Waals surface area (Å²) in [5, 5.41) is 5.11. The molecule has 0 saturated heterocycles. The van der Waals surface area contributed by atoms with Gasteiger partial charge in [0.2, 0.25) is 0 Å². The van der Waals surface area contributed by atoms with Crippen molar-refractivity contribution in [2.24, 2.45) is 0 Å². The third kappa shape index (κ3) is 3.98. The van der Waals surface area contributed by atoms with E-state index in [-0.39, 0.29) is 11.7 Å². The SMILES string of the molecule is CN(CCOc1ccccc1Cl)C(=O)c1nn(-c2ccc(F)cc2)c2c1CCC2. The number of carbonyl (C=O) groups excluding carboxylic acids is 1. The Morgan fingerprint density at radius 3 is 2.72 bits per heavy atom. The number of carbonyl (C=O) groups is 1. The molecule has 0 radical (unpaired) electrons. The van der Waals surface area contributed by atoms with Crippen molar-refractivity contribution in [1.82, 2.24) is 14.7 Å². The van der Waals surface area contributed by atoms with E-state index in [4.69, 9.17) is 16.3 Å². The quantitative estimate of drug-likeness (QED) is 0.605. The molecule has 0 aliphatic heterocycles. The highest BCUT2D eigenvalue weighted by molar-refractivity contribution is 6.32. The standard InChI is InChI=1S/C22H21ClFN3O2/c1-26(13-14-29-20-8-3-2-6-18(20)23)22(28)21-17-5-4-7-19(17)27(25-21)16-11-9-15(24)10-12-16/h2-3,6,8-12H,4-5,7,13-14H2,1H3. The Hall–Kier alpha value is -2.86. The van der Waals surface area contributed by atoms with Crippen LogP contribution in [0.1, 0.15) is 28.2 Å². The van der Waals surface area contributed by atoms with E-state index in [1.807, 2.05) is 12.1 Å². The maximum Gasteiger partial charge on any atom is 0.274 e. The summed E-state index contributed by atoms with van der Waals surface area (Å²) < 4.78 is 20.7. The Labute approximate surface area is 173 Å². The molecule has 1 aliphatic rings. The number of fused-ring (bicyclic) bond motifs is 1. The van der Waals surface area contributed by atoms with Crippen LogP contribution < -0.4 is 4.74 Å². The molecule has 1 heterocycles. The zero-order chi connectivity index (χ0) is 20.4. The van der Waals surface area contributed by atoms with Gasteiger partial charge in [0.05, 0.1) is 17.3 Å². The number of likely N-dealkylation sites (N-methyl/N-ethyl adjacent to an activating group) is 1. The second kappa shape index (κ2) is 8.25. The van der Waals surface area contributed by atoms with Crippen LogP contribution in [0.25, 0.3) is 5.69 Å². The maximum atomic E-state index is 13.3. The van der Waals surface area contributed by atoms with E-state index in [1.54, 1.807) is 40.9 Å². The van der Waals surface area contributed by atoms with Crippen molar-refractivity contribution in [3.05, 3.63) is 76.3 Å². The van der Waals surface area contributed by atoms with Crippen molar-refractivity contribution in [2.75, 3.05) is 20.2 Å². The number of ether oxygens (including phenoxy) is 1. The molecule has 0 spiro atoms. The van der Waals surface area contributed by atoms with Crippen LogP contribution in [0.5, 0.6) is 5.75 Å². The van der Waals surface area contributed by atoms with E-state index in [2.05, 4.69) is 5.10 Å². The van der Waals surface area contributed by atoms with E-state index in [9.17, 15) is 9.18 Å². The lowest BCUT2D eigenvalue weighted by Crippen LogP contribution is -2.31. The molecule has 3 aromatic rings. The van der Waals surface area contributed by atoms with Gasteiger partial charge in [0.15, 0.2) is 5.69 Å². The fraction of sp³-hybridized carbons (Fsp3) is 0.273. The summed E-state index contributed by atoms with van der Waals surface area (Å²) in [4.78, 5) is 14.6. The summed E-state index contributed by atoms with van der Waals surface area (Å²) in [7, 11) is 1.73. The van der Waals surface area contributed by atoms with Gasteiger partial charge in [0.25, 0.3) is 5.91 Å². The number of hydrogen-bond donors (Lipinski definition) is 0. The van der Waals surface area contributed by atoms with Crippen LogP contribution in [0.4, 0.5) is 4.39 Å². The minimum Gasteiger partial charge on any atom is -0.490 e. The summed E-state index contributed by atoms with van der Waals surface area (Å²) in [5.41, 5.74) is 3.23. The lowest BCUT2D eigenvalue weighted by atomic mass is 10.2. The number of nitrogens with zero attached hydrogens (tertiary/aromatic N) is 3. The highest BCUT2D eigenvalue weighted by Crippen LogP contribution is 2.28. The highest BCUT2D eigenvalue weighted by atomic mass is 35.5. The molecule has 0 fully saturated rings. The first-order valence-corrected chi connectivity index (χ1v) is 9.92. The second-order valence-electron chi connectivity index (χ2n) is 7.02. The molecule has 150 valence electrons. The Balaban J connectivity index is 1.49. The first-order valence-electron chi connectivity index (χ1n) is 9.54. The van der Waals surface area contributed by atoms with Crippen molar-refractivity contribution in [1.29, 1.82) is 0 Å². The smallest absolute Gasteiger partial charge is 0.274 e. The van der Waals surface area contributed by atoms with Crippen LogP contribution in [0.3, 0.4) is 0 Å². The van der Waals surface area contributed by atoms with E-state index >= 15 is 0 Å². The minimum atomic E-state index is -0.299. The third-order valence-electron chi connectivity index (χ3n) is 5.07. The van der Waals surface area contributed by atoms with Gasteiger partial charge in [0.1, 0.15) is 18.2 Å². The minimum absolute atomic E-state index is 0.147. The van der Waals surface area contributed by atoms with Gasteiger partial charge in [-0.2, -0.15) is 5.10 Å². The summed E-state index contributed by atoms with van der Waals surface area (Å²) in [6, 6.07) is 13.4. The van der Waals surface area contributed by atoms with Gasteiger partial charge in [-0.15, -0.1) is 0 Å². The molecule has 5 nitrogen and oxygen atoms in total. The van der Waals surface area contributed by atoms with Crippen molar-refractivity contribution >= 4 is 17.5 Å². The van der Waals surface area contributed by atoms with E-state index in [1.165, 1.54) is 12.1 Å². The molecular weight excluding hydrogens is 393 g/mol. The summed E-state index contributed by atoms with van der Waals surface area (Å²) in [6.45, 7) is 0.731. The zero-order valence-corrected chi connectivity index (χ0v) is 16.8. The predicted molar refractivity (Wildman–Crippen MR) is 109 cm³/mol. The topological polar surface area (TPSA) is 47.4 Å². The highest BCUT2D eigenvalue weighted by Gasteiger charge is 2.28. The van der Waals surface area contributed by atoms with Crippen molar-refractivity contribution < 1.29 is 13.9 Å². The van der Waals surface area contributed by atoms with Gasteiger partial charge in [-0.1, -0.05) is 23.7 Å². The predicted octanol–water partition coefficient (Wildman–Crippen LogP) is 4.30. The monoisotopic (exact) mass is 413 g/mol. The fourth-order valence-corrected chi connectivity index (χ4v) is 3.73. The van der Waals surface area contributed by atoms with E-state index in [0.717, 1.165) is 36.2 Å². The molecule has 7 heteroatoms. The number of halogens is 2. The van der Waals surface area contributed by atoms with E-state index in [0.29, 0.717) is 29.6 Å². The van der Waals surface area contributed by atoms with E-state index < -0.39 is 0 Å². The van der Waals surface area contributed by atoms with Crippen LogP contribution in [-0.4, -0.2) is 40.8 Å².